The maximum Gasteiger partial charge on any atom is 0.181 e. The van der Waals surface area contributed by atoms with Crippen molar-refractivity contribution in [1.29, 1.82) is 0 Å². The van der Waals surface area contributed by atoms with Crippen molar-refractivity contribution < 1.29 is 23.7 Å². The highest BCUT2D eigenvalue weighted by Crippen LogP contribution is 2.38. The Morgan fingerprint density at radius 2 is 0.848 bits per heavy atom. The molecule has 0 aromatic heterocycles. The van der Waals surface area contributed by atoms with Crippen LogP contribution < -0.4 is 0 Å². The molecular formula is C25H55NO5P2. The van der Waals surface area contributed by atoms with Crippen LogP contribution in [0.3, 0.4) is 0 Å². The second-order valence-corrected chi connectivity index (χ2v) is 13.8. The first-order valence-corrected chi connectivity index (χ1v) is 15.1. The monoisotopic (exact) mass is 511 g/mol. The van der Waals surface area contributed by atoms with E-state index < -0.39 is 11.1 Å². The van der Waals surface area contributed by atoms with Gasteiger partial charge in [-0.2, -0.15) is 0 Å². The van der Waals surface area contributed by atoms with E-state index in [1.54, 1.807) is 0 Å². The molecule has 0 N–H and O–H groups in total. The minimum absolute atomic E-state index is 0.0474. The largest absolute Gasteiger partial charge is 0.361 e. The summed E-state index contributed by atoms with van der Waals surface area (Å²) in [5.41, 5.74) is -1.10. The summed E-state index contributed by atoms with van der Waals surface area (Å²) >= 11 is 0. The SMILES string of the molecule is CC(C)OC(C)N(CCPC(C)(OC(C)C)OC(C)C)CCPC(C)(OC(C)C)OC(C)C. The molecular weight excluding hydrogens is 456 g/mol. The summed E-state index contributed by atoms with van der Waals surface area (Å²) in [5, 5.41) is 0. The zero-order valence-electron chi connectivity index (χ0n) is 23.8. The lowest BCUT2D eigenvalue weighted by Crippen LogP contribution is -2.41. The minimum Gasteiger partial charge on any atom is -0.361 e. The smallest absolute Gasteiger partial charge is 0.181 e. The zero-order valence-corrected chi connectivity index (χ0v) is 25.8. The second kappa shape index (κ2) is 16.4. The molecule has 0 aromatic carbocycles. The molecule has 0 heterocycles. The van der Waals surface area contributed by atoms with Gasteiger partial charge in [0.15, 0.2) is 11.1 Å². The Bertz CT molecular complexity index is 447. The van der Waals surface area contributed by atoms with Gasteiger partial charge in [0.2, 0.25) is 0 Å². The molecule has 3 unspecified atom stereocenters. The molecule has 0 rings (SSSR count). The van der Waals surface area contributed by atoms with E-state index in [1.165, 1.54) is 0 Å². The van der Waals surface area contributed by atoms with Crippen molar-refractivity contribution in [2.75, 3.05) is 25.4 Å². The van der Waals surface area contributed by atoms with Crippen LogP contribution in [0.25, 0.3) is 0 Å². The molecule has 0 aliphatic rings. The van der Waals surface area contributed by atoms with Crippen LogP contribution in [0.5, 0.6) is 0 Å². The summed E-state index contributed by atoms with van der Waals surface area (Å²) in [6.07, 6.45) is 2.72. The van der Waals surface area contributed by atoms with Crippen molar-refractivity contribution in [2.24, 2.45) is 0 Å². The van der Waals surface area contributed by atoms with E-state index in [2.05, 4.69) is 94.9 Å². The Kier molecular flexibility index (Phi) is 16.7. The van der Waals surface area contributed by atoms with Crippen molar-refractivity contribution in [3.8, 4) is 0 Å². The maximum absolute atomic E-state index is 6.16. The van der Waals surface area contributed by atoms with E-state index in [1.807, 2.05) is 0 Å². The van der Waals surface area contributed by atoms with E-state index in [0.717, 1.165) is 25.4 Å². The molecule has 200 valence electrons. The summed E-state index contributed by atoms with van der Waals surface area (Å²) in [6.45, 7) is 28.8. The number of ether oxygens (including phenoxy) is 5. The van der Waals surface area contributed by atoms with Crippen molar-refractivity contribution in [2.45, 2.75) is 138 Å². The lowest BCUT2D eigenvalue weighted by molar-refractivity contribution is -0.199. The summed E-state index contributed by atoms with van der Waals surface area (Å²) in [7, 11) is 1.08. The highest BCUT2D eigenvalue weighted by Gasteiger charge is 2.30. The summed E-state index contributed by atoms with van der Waals surface area (Å²) in [4.78, 5) is 2.43. The van der Waals surface area contributed by atoms with Crippen molar-refractivity contribution in [3.05, 3.63) is 0 Å². The third-order valence-electron chi connectivity index (χ3n) is 4.52. The molecule has 0 amide bonds. The van der Waals surface area contributed by atoms with Gasteiger partial charge in [-0.1, -0.05) is 17.2 Å². The predicted molar refractivity (Wildman–Crippen MR) is 145 cm³/mol. The Labute approximate surface area is 209 Å². The van der Waals surface area contributed by atoms with Crippen LogP contribution in [-0.2, 0) is 23.7 Å². The number of rotatable bonds is 19. The first-order valence-electron chi connectivity index (χ1n) is 12.7. The van der Waals surface area contributed by atoms with Gasteiger partial charge in [0.05, 0.1) is 30.5 Å². The summed E-state index contributed by atoms with van der Waals surface area (Å²) in [5.74, 6) is 0. The van der Waals surface area contributed by atoms with Gasteiger partial charge in [0.25, 0.3) is 0 Å². The topological polar surface area (TPSA) is 49.4 Å². The lowest BCUT2D eigenvalue weighted by atomic mass is 10.4. The maximum atomic E-state index is 6.16. The fraction of sp³-hybridized carbons (Fsp3) is 1.00. The second-order valence-electron chi connectivity index (χ2n) is 10.2. The number of hydrogen-bond acceptors (Lipinski definition) is 6. The first kappa shape index (κ1) is 33.6. The Balaban J connectivity index is 5.11. The summed E-state index contributed by atoms with van der Waals surface area (Å²) < 4.78 is 30.8. The van der Waals surface area contributed by atoms with E-state index in [-0.39, 0.29) is 36.7 Å². The molecule has 6 nitrogen and oxygen atoms in total. The van der Waals surface area contributed by atoms with Gasteiger partial charge in [-0.15, -0.1) is 0 Å². The van der Waals surface area contributed by atoms with Gasteiger partial charge in [-0.25, -0.2) is 0 Å². The molecule has 0 aliphatic carbocycles. The molecule has 0 saturated heterocycles. The van der Waals surface area contributed by atoms with Crippen LogP contribution in [0.15, 0.2) is 0 Å². The third-order valence-corrected chi connectivity index (χ3v) is 7.22. The van der Waals surface area contributed by atoms with E-state index in [9.17, 15) is 0 Å². The molecule has 0 spiro atoms. The molecule has 0 fully saturated rings. The van der Waals surface area contributed by atoms with E-state index in [0.29, 0.717) is 17.2 Å². The predicted octanol–water partition coefficient (Wildman–Crippen LogP) is 6.46. The van der Waals surface area contributed by atoms with Crippen molar-refractivity contribution in [1.82, 2.24) is 4.90 Å². The first-order chi connectivity index (χ1) is 15.1. The fourth-order valence-corrected chi connectivity index (χ4v) is 6.81. The Hall–Kier alpha value is 0.620. The van der Waals surface area contributed by atoms with Crippen LogP contribution >= 0.6 is 17.2 Å². The Morgan fingerprint density at radius 1 is 0.545 bits per heavy atom. The average Bonchev–Trinajstić information content (AvgIpc) is 2.56. The van der Waals surface area contributed by atoms with E-state index >= 15 is 0 Å². The molecule has 0 saturated carbocycles. The zero-order chi connectivity index (χ0) is 25.8. The average molecular weight is 512 g/mol. The molecule has 3 atom stereocenters. The van der Waals surface area contributed by atoms with Crippen LogP contribution in [-0.4, -0.2) is 78.1 Å². The molecule has 0 aromatic rings. The van der Waals surface area contributed by atoms with Gasteiger partial charge in [-0.3, -0.25) is 4.90 Å². The van der Waals surface area contributed by atoms with Gasteiger partial charge in [-0.05, 0) is 102 Å². The minimum atomic E-state index is -0.549. The van der Waals surface area contributed by atoms with Crippen molar-refractivity contribution in [3.63, 3.8) is 0 Å². The molecule has 0 bridgehead atoms. The van der Waals surface area contributed by atoms with Gasteiger partial charge >= 0.3 is 0 Å². The van der Waals surface area contributed by atoms with Crippen LogP contribution in [0, 0.1) is 0 Å². The normalized spacial score (nSPS) is 15.4. The number of hydrogen-bond donors (Lipinski definition) is 0. The third kappa shape index (κ3) is 16.8. The van der Waals surface area contributed by atoms with Gasteiger partial charge in [0.1, 0.15) is 6.23 Å². The van der Waals surface area contributed by atoms with Crippen LogP contribution in [0.2, 0.25) is 0 Å². The highest BCUT2D eigenvalue weighted by molar-refractivity contribution is 7.39. The lowest BCUT2D eigenvalue weighted by Gasteiger charge is -2.37. The molecule has 0 aliphatic heterocycles. The number of nitrogens with zero attached hydrogens (tertiary/aromatic N) is 1. The van der Waals surface area contributed by atoms with Crippen molar-refractivity contribution >= 4 is 17.2 Å². The molecule has 33 heavy (non-hydrogen) atoms. The quantitative estimate of drug-likeness (QED) is 0.146. The van der Waals surface area contributed by atoms with Gasteiger partial charge in [0, 0.05) is 13.1 Å². The highest BCUT2D eigenvalue weighted by atomic mass is 31.1. The fourth-order valence-electron chi connectivity index (χ4n) is 3.83. The van der Waals surface area contributed by atoms with Gasteiger partial charge < -0.3 is 23.7 Å². The molecule has 0 radical (unpaired) electrons. The van der Waals surface area contributed by atoms with Crippen LogP contribution in [0.1, 0.15) is 90.0 Å². The molecule has 8 heteroatoms. The Morgan fingerprint density at radius 3 is 1.09 bits per heavy atom. The standard InChI is InChI=1S/C25H55NO5P2/c1-18(2)27-23(11)26(14-16-32-24(12,28-19(3)4)29-20(5)6)15-17-33-25(13,30-21(7)8)31-22(9)10/h18-23,32-33H,14-17H2,1-13H3. The van der Waals surface area contributed by atoms with E-state index in [4.69, 9.17) is 23.7 Å². The summed E-state index contributed by atoms with van der Waals surface area (Å²) in [6, 6.07) is 0. The van der Waals surface area contributed by atoms with Crippen LogP contribution in [0.4, 0.5) is 0 Å².